The Labute approximate surface area is 537 Å². The first-order chi connectivity index (χ1) is 44.4. The minimum atomic E-state index is -1.14. The summed E-state index contributed by atoms with van der Waals surface area (Å²) in [4.78, 5) is 117. The van der Waals surface area contributed by atoms with E-state index in [0.717, 1.165) is 39.1 Å². The minimum absolute atomic E-state index is 0.0224. The van der Waals surface area contributed by atoms with E-state index in [0.29, 0.717) is 95.7 Å². The number of piperazine rings is 1. The standard InChI is InChI=1S/C63H71FN14O12S2/c1-38(2)53(70-50(79)24-34-88-35-32-77-51(80)22-23-52(77)81)58(83)68-46(13-6-25-66-60(65)86)57(82)67-42-19-16-41(17-20-42)37-90-63(87)76-30-28-75(29-31-76)26-7-10-40-18-21-47(44(64)36-40)89-33-9-15-49-54(59(84)85)71-62(92-49)78-27-8-11-43-39(3)55(73-74-56(43)78)72-61-69-45-12-4-5-14-48(45)91-61/h4-5,12,14,16-23,36,38,46,53H,6,8-9,11,13,15,24-35,37H2,1-3H3,(H,67,82)(H,68,83)(H,70,79)(H,84,85)(H3,65,66,86)(H,69,72,73)/t46-,53-/m0/s1. The van der Waals surface area contributed by atoms with Crippen molar-refractivity contribution in [3.63, 3.8) is 0 Å². The number of aryl methyl sites for hydroxylation is 1. The van der Waals surface area contributed by atoms with Gasteiger partial charge in [-0.25, -0.2) is 28.7 Å². The minimum Gasteiger partial charge on any atom is -0.491 e. The summed E-state index contributed by atoms with van der Waals surface area (Å²) in [6, 6.07) is 16.1. The Balaban J connectivity index is 0.677. The van der Waals surface area contributed by atoms with Crippen molar-refractivity contribution in [3.8, 4) is 17.6 Å². The van der Waals surface area contributed by atoms with Gasteiger partial charge in [-0.05, 0) is 99.4 Å². The van der Waals surface area contributed by atoms with Gasteiger partial charge in [0.1, 0.15) is 18.7 Å². The molecule has 0 aliphatic carbocycles. The van der Waals surface area contributed by atoms with E-state index in [4.69, 9.17) is 19.9 Å². The molecule has 26 nitrogen and oxygen atoms in total. The zero-order valence-corrected chi connectivity index (χ0v) is 52.6. The van der Waals surface area contributed by atoms with Crippen molar-refractivity contribution < 1.29 is 62.1 Å². The summed E-state index contributed by atoms with van der Waals surface area (Å²) in [5.41, 5.74) is 9.50. The number of amides is 8. The largest absolute Gasteiger partial charge is 0.491 e. The quantitative estimate of drug-likeness (QED) is 0.0164. The molecule has 8 N–H and O–H groups in total. The van der Waals surface area contributed by atoms with E-state index >= 15 is 4.39 Å². The number of nitrogens with one attached hydrogen (secondary N) is 5. The number of nitrogens with two attached hydrogens (primary N) is 1. The number of imide groups is 1. The number of ether oxygens (including phenoxy) is 3. The number of thiazole rings is 2. The van der Waals surface area contributed by atoms with Gasteiger partial charge < -0.3 is 61.4 Å². The molecule has 29 heteroatoms. The summed E-state index contributed by atoms with van der Waals surface area (Å²) in [6.45, 7) is 8.51. The predicted octanol–water partition coefficient (Wildman–Crippen LogP) is 6.18. The highest BCUT2D eigenvalue weighted by Gasteiger charge is 2.32. The number of carboxylic acid groups (broad SMARTS) is 1. The number of nitrogens with zero attached hydrogens (tertiary/aromatic N) is 8. The highest BCUT2D eigenvalue weighted by Crippen LogP contribution is 2.39. The first kappa shape index (κ1) is 66.8. The van der Waals surface area contributed by atoms with Crippen molar-refractivity contribution in [3.05, 3.63) is 118 Å². The number of hydrogen-bond donors (Lipinski definition) is 7. The Bertz CT molecular complexity index is 3740. The molecule has 92 heavy (non-hydrogen) atoms. The molecule has 9 rings (SSSR count). The Hall–Kier alpha value is -9.63. The number of carboxylic acids is 1. The van der Waals surface area contributed by atoms with Crippen LogP contribution in [0.4, 0.5) is 41.6 Å². The third kappa shape index (κ3) is 18.1. The number of rotatable bonds is 28. The number of carbonyl (C=O) groups excluding carboxylic acids is 7. The SMILES string of the molecule is Cc1c(Nc2nc3ccccc3s2)nnc2c1CCCN2c1nc(C(=O)O)c(CCCOc2ccc(C#CCN3CCN(C(=O)OCc4ccc(NC(=O)[C@H](CCCNC(N)=O)NC(=O)[C@@H](NC(=O)CCOCCN5C(=O)C=CC5=O)C(C)C)cc4)CC3)cc2F)s1. The van der Waals surface area contributed by atoms with Gasteiger partial charge >= 0.3 is 18.1 Å². The van der Waals surface area contributed by atoms with Crippen LogP contribution in [0.2, 0.25) is 0 Å². The molecule has 0 unspecified atom stereocenters. The van der Waals surface area contributed by atoms with Crippen LogP contribution < -0.4 is 42.0 Å². The summed E-state index contributed by atoms with van der Waals surface area (Å²) in [7, 11) is 0. The van der Waals surface area contributed by atoms with E-state index in [1.165, 1.54) is 47.0 Å². The van der Waals surface area contributed by atoms with Crippen LogP contribution in [0.15, 0.2) is 78.9 Å². The Morgan fingerprint density at radius 2 is 1.64 bits per heavy atom. The van der Waals surface area contributed by atoms with Gasteiger partial charge in [-0.2, -0.15) is 0 Å². The molecule has 6 aromatic rings. The van der Waals surface area contributed by atoms with Gasteiger partial charge in [0, 0.05) is 85.1 Å². The second-order valence-corrected chi connectivity index (χ2v) is 24.2. The summed E-state index contributed by atoms with van der Waals surface area (Å²) >= 11 is 2.82. The Kier molecular flexibility index (Phi) is 23.2. The van der Waals surface area contributed by atoms with Gasteiger partial charge in [0.15, 0.2) is 39.2 Å². The number of para-hydroxylation sites is 1. The first-order valence-corrected chi connectivity index (χ1v) is 31.7. The fourth-order valence-corrected chi connectivity index (χ4v) is 12.2. The van der Waals surface area contributed by atoms with Gasteiger partial charge in [-0.3, -0.25) is 33.8 Å². The number of urea groups is 1. The fraction of sp³-hybridized carbons (Fsp3) is 0.397. The molecule has 3 aromatic carbocycles. The second-order valence-electron chi connectivity index (χ2n) is 22.1. The van der Waals surface area contributed by atoms with Crippen LogP contribution in [0.25, 0.3) is 10.2 Å². The third-order valence-corrected chi connectivity index (χ3v) is 17.3. The zero-order valence-electron chi connectivity index (χ0n) is 51.0. The summed E-state index contributed by atoms with van der Waals surface area (Å²) in [5, 5.41) is 34.4. The lowest BCUT2D eigenvalue weighted by atomic mass is 10.0. The van der Waals surface area contributed by atoms with Crippen molar-refractivity contribution in [2.45, 2.75) is 84.4 Å². The molecule has 0 bridgehead atoms. The van der Waals surface area contributed by atoms with E-state index in [1.54, 1.807) is 49.1 Å². The van der Waals surface area contributed by atoms with Crippen molar-refractivity contribution in [1.82, 2.24) is 50.8 Å². The van der Waals surface area contributed by atoms with Crippen LogP contribution in [0.1, 0.15) is 83.6 Å². The second kappa shape index (κ2) is 31.9. The van der Waals surface area contributed by atoms with Crippen molar-refractivity contribution in [2.75, 3.05) is 87.7 Å². The number of primary amides is 1. The molecule has 8 amide bonds. The van der Waals surface area contributed by atoms with Crippen LogP contribution in [0.5, 0.6) is 5.75 Å². The monoisotopic (exact) mass is 1300 g/mol. The molecule has 0 saturated carbocycles. The van der Waals surface area contributed by atoms with Gasteiger partial charge in [0.05, 0.1) is 43.1 Å². The summed E-state index contributed by atoms with van der Waals surface area (Å²) in [6.07, 6.45) is 4.44. The van der Waals surface area contributed by atoms with E-state index < -0.39 is 65.5 Å². The predicted molar refractivity (Wildman–Crippen MR) is 341 cm³/mol. The third-order valence-electron chi connectivity index (χ3n) is 15.2. The Morgan fingerprint density at radius 3 is 2.37 bits per heavy atom. The molecule has 6 heterocycles. The van der Waals surface area contributed by atoms with E-state index in [2.05, 4.69) is 63.5 Å². The Morgan fingerprint density at radius 1 is 0.870 bits per heavy atom. The van der Waals surface area contributed by atoms with Crippen LogP contribution >= 0.6 is 22.7 Å². The lowest BCUT2D eigenvalue weighted by Gasteiger charge is -2.32. The topological polar surface area (TPSA) is 335 Å². The highest BCUT2D eigenvalue weighted by molar-refractivity contribution is 7.22. The highest BCUT2D eigenvalue weighted by atomic mass is 32.1. The lowest BCUT2D eigenvalue weighted by Crippen LogP contribution is -2.54. The number of hydrogen-bond acceptors (Lipinski definition) is 20. The molecule has 3 aliphatic heterocycles. The number of halogens is 1. The maximum Gasteiger partial charge on any atom is 0.410 e. The van der Waals surface area contributed by atoms with Crippen LogP contribution in [0, 0.1) is 30.5 Å². The molecule has 3 aromatic heterocycles. The van der Waals surface area contributed by atoms with Gasteiger partial charge in [-0.15, -0.1) is 21.5 Å². The van der Waals surface area contributed by atoms with E-state index in [-0.39, 0.29) is 76.1 Å². The number of benzene rings is 3. The fourth-order valence-electron chi connectivity index (χ4n) is 10.2. The number of anilines is 5. The summed E-state index contributed by atoms with van der Waals surface area (Å²) in [5.74, 6) is 2.73. The normalized spacial score (nSPS) is 14.5. The van der Waals surface area contributed by atoms with Crippen LogP contribution in [0.3, 0.4) is 0 Å². The van der Waals surface area contributed by atoms with Crippen LogP contribution in [-0.2, 0) is 52.9 Å². The zero-order chi connectivity index (χ0) is 65.3. The average molecular weight is 1300 g/mol. The van der Waals surface area contributed by atoms with Crippen molar-refractivity contribution in [2.24, 2.45) is 11.7 Å². The van der Waals surface area contributed by atoms with Crippen LogP contribution in [-0.4, -0.2) is 172 Å². The number of aromatic nitrogens is 4. The molecule has 484 valence electrons. The molecule has 2 atom stereocenters. The number of carbonyl (C=O) groups is 8. The number of fused-ring (bicyclic) bond motifs is 2. The number of aromatic carboxylic acids is 1. The van der Waals surface area contributed by atoms with Crippen molar-refractivity contribution >= 4 is 108 Å². The molecule has 0 radical (unpaired) electrons. The molecule has 0 spiro atoms. The molecule has 1 fully saturated rings. The molecule has 3 aliphatic rings. The maximum atomic E-state index is 15.3. The van der Waals surface area contributed by atoms with Gasteiger partial charge in [0.25, 0.3) is 11.8 Å². The smallest absolute Gasteiger partial charge is 0.410 e. The van der Waals surface area contributed by atoms with E-state index in [1.807, 2.05) is 36.1 Å². The first-order valence-electron chi connectivity index (χ1n) is 30.1. The maximum absolute atomic E-state index is 15.3. The van der Waals surface area contributed by atoms with Gasteiger partial charge in [0.2, 0.25) is 17.7 Å². The van der Waals surface area contributed by atoms with E-state index in [9.17, 15) is 43.5 Å². The lowest BCUT2D eigenvalue weighted by molar-refractivity contribution is -0.138. The summed E-state index contributed by atoms with van der Waals surface area (Å²) < 4.78 is 33.2. The average Bonchev–Trinajstić information content (AvgIpc) is 1.34. The molecular formula is C63H71FN14O12S2. The van der Waals surface area contributed by atoms with Crippen molar-refractivity contribution in [1.29, 1.82) is 0 Å². The molecular weight excluding hydrogens is 1230 g/mol. The van der Waals surface area contributed by atoms with Gasteiger partial charge in [-0.1, -0.05) is 61.3 Å². The molecule has 1 saturated heterocycles.